The van der Waals surface area contributed by atoms with Gasteiger partial charge in [-0.15, -0.1) is 0 Å². The molecule has 1 aromatic rings. The van der Waals surface area contributed by atoms with Crippen LogP contribution in [0.3, 0.4) is 0 Å². The molecule has 2 N–H and O–H groups in total. The standard InChI is InChI=1S/C17H23FN2O2/c18-13-3-1-12(2-4-13)9-10-20(14-5-6-14)17(21)16-8-7-15(11-19)22-16/h1-4,14-16H,5-11,19H2/t15-,16+/m1/s1. The van der Waals surface area contributed by atoms with Crippen molar-refractivity contribution in [1.82, 2.24) is 4.90 Å². The molecule has 1 aromatic carbocycles. The topological polar surface area (TPSA) is 55.6 Å². The van der Waals surface area contributed by atoms with E-state index in [-0.39, 0.29) is 23.9 Å². The van der Waals surface area contributed by atoms with Crippen LogP contribution in [0.15, 0.2) is 24.3 Å². The first-order chi connectivity index (χ1) is 10.7. The molecule has 1 aliphatic heterocycles. The highest BCUT2D eigenvalue weighted by molar-refractivity contribution is 5.81. The predicted molar refractivity (Wildman–Crippen MR) is 81.8 cm³/mol. The number of carbonyl (C=O) groups is 1. The zero-order valence-electron chi connectivity index (χ0n) is 12.7. The summed E-state index contributed by atoms with van der Waals surface area (Å²) >= 11 is 0. The Bertz CT molecular complexity index is 516. The lowest BCUT2D eigenvalue weighted by Gasteiger charge is -2.25. The summed E-state index contributed by atoms with van der Waals surface area (Å²) in [7, 11) is 0. The van der Waals surface area contributed by atoms with Crippen LogP contribution in [-0.4, -0.2) is 42.1 Å². The average Bonchev–Trinajstić information content (AvgIpc) is 3.25. The number of hydrogen-bond donors (Lipinski definition) is 1. The molecule has 120 valence electrons. The number of nitrogens with zero attached hydrogens (tertiary/aromatic N) is 1. The van der Waals surface area contributed by atoms with Gasteiger partial charge >= 0.3 is 0 Å². The van der Waals surface area contributed by atoms with Gasteiger partial charge in [0.1, 0.15) is 11.9 Å². The lowest BCUT2D eigenvalue weighted by atomic mass is 10.1. The van der Waals surface area contributed by atoms with Crippen molar-refractivity contribution in [3.8, 4) is 0 Å². The molecule has 1 aliphatic carbocycles. The Morgan fingerprint density at radius 3 is 2.55 bits per heavy atom. The number of ether oxygens (including phenoxy) is 1. The van der Waals surface area contributed by atoms with E-state index in [0.29, 0.717) is 19.1 Å². The minimum absolute atomic E-state index is 0.0205. The van der Waals surface area contributed by atoms with Crippen molar-refractivity contribution < 1.29 is 13.9 Å². The third kappa shape index (κ3) is 3.65. The molecule has 3 rings (SSSR count). The smallest absolute Gasteiger partial charge is 0.251 e. The number of halogens is 1. The van der Waals surface area contributed by atoms with E-state index < -0.39 is 0 Å². The second kappa shape index (κ2) is 6.75. The fraction of sp³-hybridized carbons (Fsp3) is 0.588. The number of amides is 1. The van der Waals surface area contributed by atoms with Gasteiger partial charge in [-0.25, -0.2) is 4.39 Å². The lowest BCUT2D eigenvalue weighted by molar-refractivity contribution is -0.143. The largest absolute Gasteiger partial charge is 0.364 e. The minimum Gasteiger partial charge on any atom is -0.364 e. The van der Waals surface area contributed by atoms with E-state index in [2.05, 4.69) is 0 Å². The van der Waals surface area contributed by atoms with E-state index in [4.69, 9.17) is 10.5 Å². The summed E-state index contributed by atoms with van der Waals surface area (Å²) in [6.45, 7) is 1.14. The minimum atomic E-state index is -0.331. The molecule has 1 heterocycles. The highest BCUT2D eigenvalue weighted by Crippen LogP contribution is 2.30. The molecule has 1 amide bonds. The number of benzene rings is 1. The second-order valence-electron chi connectivity index (χ2n) is 6.20. The van der Waals surface area contributed by atoms with Crippen molar-refractivity contribution >= 4 is 5.91 Å². The Morgan fingerprint density at radius 2 is 1.95 bits per heavy atom. The summed E-state index contributed by atoms with van der Waals surface area (Å²) < 4.78 is 18.7. The maximum Gasteiger partial charge on any atom is 0.251 e. The van der Waals surface area contributed by atoms with Crippen molar-refractivity contribution in [2.24, 2.45) is 5.73 Å². The van der Waals surface area contributed by atoms with Gasteiger partial charge in [-0.3, -0.25) is 4.79 Å². The van der Waals surface area contributed by atoms with E-state index >= 15 is 0 Å². The highest BCUT2D eigenvalue weighted by Gasteiger charge is 2.38. The quantitative estimate of drug-likeness (QED) is 0.873. The fourth-order valence-electron chi connectivity index (χ4n) is 3.01. The van der Waals surface area contributed by atoms with Crippen molar-refractivity contribution in [2.45, 2.75) is 50.4 Å². The Balaban J connectivity index is 1.58. The Labute approximate surface area is 130 Å². The zero-order chi connectivity index (χ0) is 15.5. The van der Waals surface area contributed by atoms with Crippen molar-refractivity contribution in [1.29, 1.82) is 0 Å². The molecule has 0 bridgehead atoms. The van der Waals surface area contributed by atoms with Gasteiger partial charge in [0, 0.05) is 19.1 Å². The van der Waals surface area contributed by atoms with Crippen LogP contribution in [0.2, 0.25) is 0 Å². The molecule has 5 heteroatoms. The van der Waals surface area contributed by atoms with Crippen LogP contribution < -0.4 is 5.73 Å². The summed E-state index contributed by atoms with van der Waals surface area (Å²) in [5.74, 6) is -0.133. The van der Waals surface area contributed by atoms with E-state index in [1.54, 1.807) is 12.1 Å². The molecule has 1 saturated heterocycles. The van der Waals surface area contributed by atoms with E-state index in [9.17, 15) is 9.18 Å². The third-order valence-electron chi connectivity index (χ3n) is 4.47. The van der Waals surface area contributed by atoms with Crippen LogP contribution in [0.25, 0.3) is 0 Å². The number of rotatable bonds is 6. The molecule has 2 fully saturated rings. The molecule has 0 aromatic heterocycles. The summed E-state index contributed by atoms with van der Waals surface area (Å²) in [6.07, 6.45) is 4.21. The predicted octanol–water partition coefficient (Wildman–Crippen LogP) is 1.87. The molecule has 1 saturated carbocycles. The molecule has 4 nitrogen and oxygen atoms in total. The normalized spacial score (nSPS) is 24.5. The number of carbonyl (C=O) groups excluding carboxylic acids is 1. The summed E-state index contributed by atoms with van der Waals surface area (Å²) in [6, 6.07) is 6.84. The highest BCUT2D eigenvalue weighted by atomic mass is 19.1. The zero-order valence-corrected chi connectivity index (χ0v) is 12.7. The Kier molecular flexibility index (Phi) is 4.74. The molecule has 0 radical (unpaired) electrons. The molecular formula is C17H23FN2O2. The molecule has 0 unspecified atom stereocenters. The molecule has 22 heavy (non-hydrogen) atoms. The van der Waals surface area contributed by atoms with E-state index in [0.717, 1.165) is 37.7 Å². The van der Waals surface area contributed by atoms with Crippen LogP contribution >= 0.6 is 0 Å². The first kappa shape index (κ1) is 15.4. The molecule has 2 aliphatic rings. The first-order valence-electron chi connectivity index (χ1n) is 8.08. The van der Waals surface area contributed by atoms with Crippen LogP contribution in [0.4, 0.5) is 4.39 Å². The lowest BCUT2D eigenvalue weighted by Crippen LogP contribution is -2.42. The van der Waals surface area contributed by atoms with Gasteiger partial charge in [0.25, 0.3) is 5.91 Å². The van der Waals surface area contributed by atoms with Gasteiger partial charge in [0.2, 0.25) is 0 Å². The van der Waals surface area contributed by atoms with Gasteiger partial charge in [-0.1, -0.05) is 12.1 Å². The second-order valence-corrected chi connectivity index (χ2v) is 6.20. The maximum atomic E-state index is 12.9. The Hall–Kier alpha value is -1.46. The summed E-state index contributed by atoms with van der Waals surface area (Å²) in [5.41, 5.74) is 6.66. The van der Waals surface area contributed by atoms with Crippen LogP contribution in [-0.2, 0) is 16.0 Å². The molecule has 0 spiro atoms. The monoisotopic (exact) mass is 306 g/mol. The van der Waals surface area contributed by atoms with Crippen LogP contribution in [0, 0.1) is 5.82 Å². The Morgan fingerprint density at radius 1 is 1.23 bits per heavy atom. The van der Waals surface area contributed by atoms with Gasteiger partial charge in [0.15, 0.2) is 0 Å². The van der Waals surface area contributed by atoms with E-state index in [1.807, 2.05) is 4.90 Å². The molecule has 2 atom stereocenters. The van der Waals surface area contributed by atoms with Gasteiger partial charge in [-0.05, 0) is 49.8 Å². The first-order valence-corrected chi connectivity index (χ1v) is 8.08. The van der Waals surface area contributed by atoms with Crippen molar-refractivity contribution in [3.05, 3.63) is 35.6 Å². The van der Waals surface area contributed by atoms with Gasteiger partial charge in [0.05, 0.1) is 6.10 Å². The van der Waals surface area contributed by atoms with Gasteiger partial charge in [-0.2, -0.15) is 0 Å². The van der Waals surface area contributed by atoms with Gasteiger partial charge < -0.3 is 15.4 Å². The summed E-state index contributed by atoms with van der Waals surface area (Å²) in [4.78, 5) is 14.6. The summed E-state index contributed by atoms with van der Waals surface area (Å²) in [5, 5.41) is 0. The average molecular weight is 306 g/mol. The SMILES string of the molecule is NC[C@H]1CC[C@@H](C(=O)N(CCc2ccc(F)cc2)C2CC2)O1. The third-order valence-corrected chi connectivity index (χ3v) is 4.47. The number of hydrogen-bond acceptors (Lipinski definition) is 3. The maximum absolute atomic E-state index is 12.9. The van der Waals surface area contributed by atoms with Crippen molar-refractivity contribution in [3.63, 3.8) is 0 Å². The fourth-order valence-corrected chi connectivity index (χ4v) is 3.01. The van der Waals surface area contributed by atoms with Crippen LogP contribution in [0.1, 0.15) is 31.2 Å². The van der Waals surface area contributed by atoms with Crippen molar-refractivity contribution in [2.75, 3.05) is 13.1 Å². The van der Waals surface area contributed by atoms with E-state index in [1.165, 1.54) is 12.1 Å². The number of nitrogens with two attached hydrogens (primary N) is 1. The van der Waals surface area contributed by atoms with Crippen LogP contribution in [0.5, 0.6) is 0 Å². The molecular weight excluding hydrogens is 283 g/mol.